The summed E-state index contributed by atoms with van der Waals surface area (Å²) in [6, 6.07) is 3.89. The highest BCUT2D eigenvalue weighted by Crippen LogP contribution is 2.52. The Hall–Kier alpha value is -2.76. The lowest BCUT2D eigenvalue weighted by Crippen LogP contribution is -2.02. The summed E-state index contributed by atoms with van der Waals surface area (Å²) in [5, 5.41) is 33.3. The number of nitro benzene ring substituents is 2. The first-order valence-electron chi connectivity index (χ1n) is 14.7. The second-order valence-corrected chi connectivity index (χ2v) is 13.2. The Balaban J connectivity index is 1.66. The van der Waals surface area contributed by atoms with E-state index in [1.807, 2.05) is 22.9 Å². The van der Waals surface area contributed by atoms with Gasteiger partial charge in [0.25, 0.3) is 0 Å². The van der Waals surface area contributed by atoms with Gasteiger partial charge in [-0.2, -0.15) is 0 Å². The van der Waals surface area contributed by atoms with E-state index < -0.39 is 21.2 Å². The molecule has 1 aromatic carbocycles. The monoisotopic (exact) mass is 614 g/mol. The number of hydrogen-bond donors (Lipinski definition) is 0. The lowest BCUT2D eigenvalue weighted by Gasteiger charge is -2.07. The van der Waals surface area contributed by atoms with Crippen molar-refractivity contribution in [3.63, 3.8) is 0 Å². The highest BCUT2D eigenvalue weighted by Gasteiger charge is 2.39. The van der Waals surface area contributed by atoms with Crippen molar-refractivity contribution in [3.05, 3.63) is 54.2 Å². The predicted octanol–water partition coefficient (Wildman–Crippen LogP) is 10.8. The molecule has 3 heterocycles. The summed E-state index contributed by atoms with van der Waals surface area (Å²) in [6.45, 7) is 4.40. The average Bonchev–Trinajstić information content (AvgIpc) is 3.72. The number of aryl methyl sites for hydroxylation is 2. The lowest BCUT2D eigenvalue weighted by atomic mass is 10.00. The number of nitrogens with zero attached hydrogens (tertiary/aromatic N) is 4. The van der Waals surface area contributed by atoms with Crippen LogP contribution in [-0.2, 0) is 12.8 Å². The molecule has 0 N–H and O–H groups in total. The molecule has 4 rings (SSSR count). The van der Waals surface area contributed by atoms with Crippen LogP contribution in [0.5, 0.6) is 0 Å². The Kier molecular flexibility index (Phi) is 11.8. The van der Waals surface area contributed by atoms with Crippen LogP contribution in [-0.4, -0.2) is 19.4 Å². The normalized spacial score (nSPS) is 11.5. The highest BCUT2D eigenvalue weighted by molar-refractivity contribution is 7.17. The molecule has 220 valence electrons. The van der Waals surface area contributed by atoms with Crippen LogP contribution in [0.25, 0.3) is 31.1 Å². The van der Waals surface area contributed by atoms with Crippen molar-refractivity contribution in [2.75, 3.05) is 0 Å². The molecule has 8 nitrogen and oxygen atoms in total. The van der Waals surface area contributed by atoms with Crippen molar-refractivity contribution in [1.82, 2.24) is 9.59 Å². The third-order valence-corrected chi connectivity index (χ3v) is 10.2. The van der Waals surface area contributed by atoms with E-state index in [-0.39, 0.29) is 11.1 Å². The maximum atomic E-state index is 12.5. The van der Waals surface area contributed by atoms with E-state index >= 15 is 0 Å². The summed E-state index contributed by atoms with van der Waals surface area (Å²) in [6.07, 6.45) is 16.0. The molecule has 0 spiro atoms. The van der Waals surface area contributed by atoms with Crippen LogP contribution in [0.3, 0.4) is 0 Å². The molecule has 0 radical (unpaired) electrons. The zero-order valence-electron chi connectivity index (χ0n) is 23.9. The molecule has 0 saturated carbocycles. The second kappa shape index (κ2) is 15.5. The molecule has 11 heteroatoms. The maximum absolute atomic E-state index is 12.5. The smallest absolute Gasteiger partial charge is 0.258 e. The summed E-state index contributed by atoms with van der Waals surface area (Å²) in [5.74, 6) is 0. The Morgan fingerprint density at radius 3 is 1.66 bits per heavy atom. The second-order valence-electron chi connectivity index (χ2n) is 10.6. The number of unbranched alkanes of at least 4 members (excludes halogenated alkanes) is 10. The van der Waals surface area contributed by atoms with Gasteiger partial charge in [-0.1, -0.05) is 82.5 Å². The standard InChI is InChI=1S/C30H38N4O4S3/c1-3-5-7-9-11-13-15-21-17-23(39-19-21)25-27-30(41-32-31-27)26(29(34(37)38)28(25)33(35)36)24-18-22(20-40-24)16-14-12-10-8-6-4-2/h17-20H,3-16H2,1-2H3. The predicted molar refractivity (Wildman–Crippen MR) is 172 cm³/mol. The SMILES string of the molecule is CCCCCCCCc1csc(-c2c([N+](=O)[O-])c([N+](=O)[O-])c(-c3cc(CCCCCCCC)cs3)c3snnc23)c1. The summed E-state index contributed by atoms with van der Waals surface area (Å²) in [4.78, 5) is 25.0. The van der Waals surface area contributed by atoms with Gasteiger partial charge in [-0.15, -0.1) is 27.8 Å². The van der Waals surface area contributed by atoms with Gasteiger partial charge < -0.3 is 0 Å². The molecule has 0 fully saturated rings. The Labute approximate surface area is 253 Å². The number of hydrogen-bond acceptors (Lipinski definition) is 9. The van der Waals surface area contributed by atoms with Gasteiger partial charge in [0.2, 0.25) is 0 Å². The fourth-order valence-electron chi connectivity index (χ4n) is 5.29. The van der Waals surface area contributed by atoms with Gasteiger partial charge >= 0.3 is 11.4 Å². The zero-order valence-corrected chi connectivity index (χ0v) is 26.3. The minimum atomic E-state index is -0.617. The summed E-state index contributed by atoms with van der Waals surface area (Å²) < 4.78 is 4.64. The van der Waals surface area contributed by atoms with Gasteiger partial charge in [0.15, 0.2) is 0 Å². The first-order chi connectivity index (χ1) is 20.0. The van der Waals surface area contributed by atoms with E-state index in [1.54, 1.807) is 0 Å². The fourth-order valence-corrected chi connectivity index (χ4v) is 8.08. The quantitative estimate of drug-likeness (QED) is 0.0626. The third kappa shape index (κ3) is 7.75. The van der Waals surface area contributed by atoms with Crippen LogP contribution in [0.2, 0.25) is 0 Å². The minimum Gasteiger partial charge on any atom is -0.258 e. The molecule has 0 unspecified atom stereocenters. The van der Waals surface area contributed by atoms with Crippen molar-refractivity contribution in [2.45, 2.75) is 104 Å². The average molecular weight is 615 g/mol. The molecule has 0 aliphatic carbocycles. The van der Waals surface area contributed by atoms with Crippen LogP contribution in [0.1, 0.15) is 102 Å². The first-order valence-corrected chi connectivity index (χ1v) is 17.3. The highest BCUT2D eigenvalue weighted by atomic mass is 32.1. The maximum Gasteiger partial charge on any atom is 0.357 e. The fraction of sp³-hybridized carbons (Fsp3) is 0.533. The van der Waals surface area contributed by atoms with Crippen LogP contribution >= 0.6 is 34.2 Å². The number of benzene rings is 1. The topological polar surface area (TPSA) is 112 Å². The lowest BCUT2D eigenvalue weighted by molar-refractivity contribution is -0.421. The Morgan fingerprint density at radius 1 is 0.683 bits per heavy atom. The van der Waals surface area contributed by atoms with Gasteiger partial charge in [0, 0.05) is 9.75 Å². The molecule has 0 bridgehead atoms. The number of aromatic nitrogens is 2. The molecule has 4 aromatic rings. The van der Waals surface area contributed by atoms with Gasteiger partial charge in [-0.05, 0) is 71.2 Å². The van der Waals surface area contributed by atoms with Crippen molar-refractivity contribution < 1.29 is 9.85 Å². The largest absolute Gasteiger partial charge is 0.357 e. The molecule has 0 aliphatic heterocycles. The molecule has 0 amide bonds. The molecule has 0 atom stereocenters. The Morgan fingerprint density at radius 2 is 1.15 bits per heavy atom. The van der Waals surface area contributed by atoms with E-state index in [1.165, 1.54) is 74.0 Å². The molecule has 41 heavy (non-hydrogen) atoms. The first kappa shape index (κ1) is 31.2. The minimum absolute atomic E-state index is 0.206. The van der Waals surface area contributed by atoms with E-state index in [4.69, 9.17) is 0 Å². The van der Waals surface area contributed by atoms with Crippen LogP contribution in [0, 0.1) is 20.2 Å². The van der Waals surface area contributed by atoms with E-state index in [9.17, 15) is 20.2 Å². The molecular weight excluding hydrogens is 577 g/mol. The molecule has 0 aliphatic rings. The van der Waals surface area contributed by atoms with E-state index in [0.29, 0.717) is 20.0 Å². The Bertz CT molecular complexity index is 1350. The van der Waals surface area contributed by atoms with Crippen molar-refractivity contribution >= 4 is 55.8 Å². The zero-order chi connectivity index (χ0) is 29.2. The van der Waals surface area contributed by atoms with Crippen LogP contribution < -0.4 is 0 Å². The number of fused-ring (bicyclic) bond motifs is 1. The van der Waals surface area contributed by atoms with Gasteiger partial charge in [-0.25, -0.2) is 0 Å². The van der Waals surface area contributed by atoms with Gasteiger partial charge in [-0.3, -0.25) is 20.2 Å². The number of nitro groups is 2. The van der Waals surface area contributed by atoms with Gasteiger partial charge in [0.1, 0.15) is 11.1 Å². The van der Waals surface area contributed by atoms with Crippen molar-refractivity contribution in [2.24, 2.45) is 0 Å². The summed E-state index contributed by atoms with van der Waals surface area (Å²) in [5.41, 5.74) is 2.06. The van der Waals surface area contributed by atoms with Crippen LogP contribution in [0.4, 0.5) is 11.4 Å². The van der Waals surface area contributed by atoms with E-state index in [2.05, 4.69) is 23.4 Å². The third-order valence-electron chi connectivity index (χ3n) is 7.45. The van der Waals surface area contributed by atoms with E-state index in [0.717, 1.165) is 61.2 Å². The summed E-state index contributed by atoms with van der Waals surface area (Å²) >= 11 is 3.83. The van der Waals surface area contributed by atoms with Crippen molar-refractivity contribution in [1.29, 1.82) is 0 Å². The van der Waals surface area contributed by atoms with Crippen LogP contribution in [0.15, 0.2) is 22.9 Å². The number of thiophene rings is 2. The molecule has 3 aromatic heterocycles. The summed E-state index contributed by atoms with van der Waals surface area (Å²) in [7, 11) is 0. The van der Waals surface area contributed by atoms with Gasteiger partial charge in [0.05, 0.1) is 20.1 Å². The molecule has 0 saturated heterocycles. The number of rotatable bonds is 18. The molecular formula is C30H38N4O4S3. The van der Waals surface area contributed by atoms with Crippen molar-refractivity contribution in [3.8, 4) is 20.9 Å².